The number of aryl methyl sites for hydroxylation is 2. The Labute approximate surface area is 181 Å². The maximum atomic E-state index is 12.3. The van der Waals surface area contributed by atoms with Crippen molar-refractivity contribution in [2.45, 2.75) is 33.7 Å². The number of H-pyrrole nitrogens is 1. The van der Waals surface area contributed by atoms with Crippen LogP contribution in [-0.2, 0) is 4.79 Å². The second-order valence-electron chi connectivity index (χ2n) is 7.75. The predicted octanol–water partition coefficient (Wildman–Crippen LogP) is 3.38. The Hall–Kier alpha value is -3.68. The minimum atomic E-state index is -0.188. The fraction of sp³-hybridized carbons (Fsp3) is 0.304. The van der Waals surface area contributed by atoms with E-state index in [0.29, 0.717) is 5.84 Å². The minimum absolute atomic E-state index is 0.188. The van der Waals surface area contributed by atoms with Crippen molar-refractivity contribution in [1.29, 1.82) is 0 Å². The highest BCUT2D eigenvalue weighted by atomic mass is 16.1. The SMILES string of the molecule is CCN(C)c1cccc(C)c1N(C=O)C1=NC=C(c2cncc3[nH]nc(C)c23)NC1C. The summed E-state index contributed by atoms with van der Waals surface area (Å²) in [6.45, 7) is 8.88. The van der Waals surface area contributed by atoms with Gasteiger partial charge in [-0.25, -0.2) is 4.99 Å². The first kappa shape index (κ1) is 20.6. The molecule has 8 nitrogen and oxygen atoms in total. The normalized spacial score (nSPS) is 15.8. The molecule has 2 aromatic heterocycles. The number of nitrogens with zero attached hydrogens (tertiary/aromatic N) is 5. The third kappa shape index (κ3) is 3.54. The van der Waals surface area contributed by atoms with Crippen molar-refractivity contribution < 1.29 is 4.79 Å². The smallest absolute Gasteiger partial charge is 0.219 e. The number of pyridine rings is 1. The average Bonchev–Trinajstić information content (AvgIpc) is 3.16. The van der Waals surface area contributed by atoms with Gasteiger partial charge < -0.3 is 10.2 Å². The van der Waals surface area contributed by atoms with Gasteiger partial charge >= 0.3 is 0 Å². The molecule has 0 spiro atoms. The number of hydrogen-bond donors (Lipinski definition) is 2. The van der Waals surface area contributed by atoms with E-state index in [9.17, 15) is 4.79 Å². The summed E-state index contributed by atoms with van der Waals surface area (Å²) in [6.07, 6.45) is 6.17. The molecule has 1 unspecified atom stereocenters. The van der Waals surface area contributed by atoms with Gasteiger partial charge in [-0.3, -0.25) is 19.8 Å². The number of aromatic amines is 1. The molecule has 3 aromatic rings. The number of nitrogens with one attached hydrogen (secondary N) is 2. The van der Waals surface area contributed by atoms with Crippen LogP contribution in [0.15, 0.2) is 41.8 Å². The zero-order valence-electron chi connectivity index (χ0n) is 18.5. The molecule has 0 fully saturated rings. The lowest BCUT2D eigenvalue weighted by molar-refractivity contribution is -0.106. The van der Waals surface area contributed by atoms with Crippen LogP contribution < -0.4 is 15.1 Å². The van der Waals surface area contributed by atoms with Crippen molar-refractivity contribution in [1.82, 2.24) is 20.5 Å². The molecule has 0 saturated heterocycles. The molecule has 1 aliphatic heterocycles. The van der Waals surface area contributed by atoms with Crippen molar-refractivity contribution >= 4 is 40.2 Å². The van der Waals surface area contributed by atoms with Gasteiger partial charge in [0.05, 0.1) is 46.7 Å². The van der Waals surface area contributed by atoms with Gasteiger partial charge in [0.2, 0.25) is 6.41 Å². The molecule has 0 aliphatic carbocycles. The van der Waals surface area contributed by atoms with E-state index < -0.39 is 0 Å². The maximum absolute atomic E-state index is 12.3. The Kier molecular flexibility index (Phi) is 5.46. The van der Waals surface area contributed by atoms with Gasteiger partial charge in [0.1, 0.15) is 5.84 Å². The Morgan fingerprint density at radius 3 is 2.74 bits per heavy atom. The van der Waals surface area contributed by atoms with Crippen LogP contribution in [-0.4, -0.2) is 47.1 Å². The van der Waals surface area contributed by atoms with Crippen LogP contribution in [0.2, 0.25) is 0 Å². The molecule has 1 atom stereocenters. The lowest BCUT2D eigenvalue weighted by Gasteiger charge is -2.32. The molecule has 3 heterocycles. The van der Waals surface area contributed by atoms with Crippen LogP contribution in [0.25, 0.3) is 16.6 Å². The molecule has 1 aliphatic rings. The highest BCUT2D eigenvalue weighted by Crippen LogP contribution is 2.33. The topological polar surface area (TPSA) is 89.5 Å². The standard InChI is InChI=1S/C23H27N7O/c1-6-29(5)20-9-7-8-14(2)22(20)30(13-31)23-16(4)26-18(12-25-23)17-10-24-11-19-21(17)15(3)27-28-19/h7-13,16,26H,6H2,1-5H3,(H,27,28). The second kappa shape index (κ2) is 8.22. The molecule has 1 amide bonds. The van der Waals surface area contributed by atoms with Gasteiger partial charge in [0, 0.05) is 30.7 Å². The summed E-state index contributed by atoms with van der Waals surface area (Å²) in [6, 6.07) is 5.86. The monoisotopic (exact) mass is 417 g/mol. The third-order valence-electron chi connectivity index (χ3n) is 5.72. The lowest BCUT2D eigenvalue weighted by Crippen LogP contribution is -2.46. The summed E-state index contributed by atoms with van der Waals surface area (Å²) in [7, 11) is 2.02. The van der Waals surface area contributed by atoms with E-state index in [4.69, 9.17) is 4.99 Å². The van der Waals surface area contributed by atoms with Crippen LogP contribution in [0.5, 0.6) is 0 Å². The number of carbonyl (C=O) groups excluding carboxylic acids is 1. The number of fused-ring (bicyclic) bond motifs is 1. The van der Waals surface area contributed by atoms with Crippen LogP contribution >= 0.6 is 0 Å². The van der Waals surface area contributed by atoms with Crippen molar-refractivity contribution in [2.75, 3.05) is 23.4 Å². The molecule has 1 aromatic carbocycles. The summed E-state index contributed by atoms with van der Waals surface area (Å²) >= 11 is 0. The van der Waals surface area contributed by atoms with E-state index in [0.717, 1.165) is 57.8 Å². The summed E-state index contributed by atoms with van der Waals surface area (Å²) in [5.41, 5.74) is 6.40. The molecule has 8 heteroatoms. The number of carbonyl (C=O) groups is 1. The van der Waals surface area contributed by atoms with Crippen molar-refractivity contribution in [3.63, 3.8) is 0 Å². The van der Waals surface area contributed by atoms with E-state index in [-0.39, 0.29) is 6.04 Å². The lowest BCUT2D eigenvalue weighted by atomic mass is 10.1. The summed E-state index contributed by atoms with van der Waals surface area (Å²) in [4.78, 5) is 25.1. The summed E-state index contributed by atoms with van der Waals surface area (Å²) in [5.74, 6) is 0.642. The van der Waals surface area contributed by atoms with Gasteiger partial charge in [-0.15, -0.1) is 0 Å². The molecule has 0 radical (unpaired) electrons. The Morgan fingerprint density at radius 2 is 2.03 bits per heavy atom. The van der Waals surface area contributed by atoms with E-state index in [1.54, 1.807) is 17.3 Å². The van der Waals surface area contributed by atoms with Crippen molar-refractivity contribution in [2.24, 2.45) is 4.99 Å². The van der Waals surface area contributed by atoms with Gasteiger partial charge in [-0.2, -0.15) is 5.10 Å². The Balaban J connectivity index is 1.79. The molecular formula is C23H27N7O. The minimum Gasteiger partial charge on any atom is -0.374 e. The Bertz CT molecular complexity index is 1190. The number of rotatable bonds is 5. The number of benzene rings is 1. The first-order valence-electron chi connectivity index (χ1n) is 10.3. The van der Waals surface area contributed by atoms with E-state index in [1.165, 1.54) is 0 Å². The van der Waals surface area contributed by atoms with Crippen molar-refractivity contribution in [3.05, 3.63) is 53.6 Å². The molecule has 4 rings (SSSR count). The van der Waals surface area contributed by atoms with E-state index in [2.05, 4.69) is 32.3 Å². The second-order valence-corrected chi connectivity index (χ2v) is 7.75. The van der Waals surface area contributed by atoms with Gasteiger partial charge in [0.15, 0.2) is 0 Å². The van der Waals surface area contributed by atoms with E-state index in [1.807, 2.05) is 52.2 Å². The quantitative estimate of drug-likeness (QED) is 0.621. The van der Waals surface area contributed by atoms with Crippen LogP contribution in [0, 0.1) is 13.8 Å². The highest BCUT2D eigenvalue weighted by Gasteiger charge is 2.27. The van der Waals surface area contributed by atoms with Gasteiger partial charge in [-0.1, -0.05) is 12.1 Å². The molecular weight excluding hydrogens is 390 g/mol. The largest absolute Gasteiger partial charge is 0.374 e. The fourth-order valence-electron chi connectivity index (χ4n) is 3.99. The number of para-hydroxylation sites is 1. The number of anilines is 2. The number of aliphatic imine (C=N–C) groups is 1. The van der Waals surface area contributed by atoms with Crippen molar-refractivity contribution in [3.8, 4) is 0 Å². The first-order chi connectivity index (χ1) is 15.0. The number of aromatic nitrogens is 3. The maximum Gasteiger partial charge on any atom is 0.219 e. The van der Waals surface area contributed by atoms with Gasteiger partial charge in [0.25, 0.3) is 0 Å². The van der Waals surface area contributed by atoms with Crippen LogP contribution in [0.3, 0.4) is 0 Å². The molecule has 160 valence electrons. The molecule has 2 N–H and O–H groups in total. The summed E-state index contributed by atoms with van der Waals surface area (Å²) < 4.78 is 0. The van der Waals surface area contributed by atoms with Gasteiger partial charge in [-0.05, 0) is 39.3 Å². The highest BCUT2D eigenvalue weighted by molar-refractivity contribution is 6.16. The average molecular weight is 418 g/mol. The zero-order chi connectivity index (χ0) is 22.1. The molecule has 0 bridgehead atoms. The van der Waals surface area contributed by atoms with Crippen LogP contribution in [0.4, 0.5) is 11.4 Å². The summed E-state index contributed by atoms with van der Waals surface area (Å²) in [5, 5.41) is 11.8. The van der Waals surface area contributed by atoms with E-state index >= 15 is 0 Å². The number of amidine groups is 1. The zero-order valence-corrected chi connectivity index (χ0v) is 18.5. The third-order valence-corrected chi connectivity index (χ3v) is 5.72. The number of amides is 1. The van der Waals surface area contributed by atoms with Crippen LogP contribution in [0.1, 0.15) is 30.7 Å². The first-order valence-corrected chi connectivity index (χ1v) is 10.3. The number of hydrogen-bond acceptors (Lipinski definition) is 6. The fourth-order valence-corrected chi connectivity index (χ4v) is 3.99. The molecule has 0 saturated carbocycles. The predicted molar refractivity (Wildman–Crippen MR) is 125 cm³/mol. The Morgan fingerprint density at radius 1 is 1.23 bits per heavy atom. The molecule has 31 heavy (non-hydrogen) atoms.